The molecule has 2 aliphatic rings. The number of halogens is 2. The normalized spacial score (nSPS) is 18.9. The highest BCUT2D eigenvalue weighted by Crippen LogP contribution is 2.30. The van der Waals surface area contributed by atoms with Gasteiger partial charge in [0, 0.05) is 43.9 Å². The summed E-state index contributed by atoms with van der Waals surface area (Å²) in [5.41, 5.74) is 1.98. The number of hydrogen-bond donors (Lipinski definition) is 1. The molecule has 4 heterocycles. The Bertz CT molecular complexity index is 1250. The second-order valence-corrected chi connectivity index (χ2v) is 7.92. The highest BCUT2D eigenvalue weighted by Gasteiger charge is 2.38. The van der Waals surface area contributed by atoms with Crippen molar-refractivity contribution in [2.75, 3.05) is 18.0 Å². The van der Waals surface area contributed by atoms with Gasteiger partial charge in [0.05, 0.1) is 28.7 Å². The number of fused-ring (bicyclic) bond motifs is 2. The maximum absolute atomic E-state index is 13.4. The van der Waals surface area contributed by atoms with Crippen LogP contribution in [-0.2, 0) is 22.6 Å². The largest absolute Gasteiger partial charge is 0.337 e. The summed E-state index contributed by atoms with van der Waals surface area (Å²) in [6.45, 7) is 0.789. The maximum Gasteiger partial charge on any atom is 0.277 e. The third-order valence-corrected chi connectivity index (χ3v) is 5.98. The number of hydrogen-bond acceptors (Lipinski definition) is 4. The molecule has 2 aliphatic heterocycles. The van der Waals surface area contributed by atoms with Gasteiger partial charge in [0.2, 0.25) is 11.8 Å². The summed E-state index contributed by atoms with van der Waals surface area (Å²) in [4.78, 5) is 45.9. The quantitative estimate of drug-likeness (QED) is 0.672. The number of benzene rings is 1. The number of rotatable bonds is 2. The van der Waals surface area contributed by atoms with Gasteiger partial charge in [-0.15, -0.1) is 0 Å². The monoisotopic (exact) mass is 429 g/mol. The minimum Gasteiger partial charge on any atom is -0.337 e. The third-order valence-electron chi connectivity index (χ3n) is 5.69. The lowest BCUT2D eigenvalue weighted by molar-refractivity contribution is -0.136. The number of nitrogens with one attached hydrogen (secondary N) is 1. The Balaban J connectivity index is 1.36. The number of amides is 2. The van der Waals surface area contributed by atoms with E-state index >= 15 is 0 Å². The van der Waals surface area contributed by atoms with Crippen LogP contribution in [0.2, 0.25) is 5.02 Å². The first-order valence-electron chi connectivity index (χ1n) is 9.54. The zero-order valence-corrected chi connectivity index (χ0v) is 16.5. The van der Waals surface area contributed by atoms with Gasteiger partial charge in [-0.3, -0.25) is 19.5 Å². The van der Waals surface area contributed by atoms with E-state index in [1.54, 1.807) is 17.2 Å². The van der Waals surface area contributed by atoms with Gasteiger partial charge in [0.1, 0.15) is 5.82 Å². The fourth-order valence-electron chi connectivity index (χ4n) is 4.14. The zero-order valence-electron chi connectivity index (χ0n) is 15.8. The lowest BCUT2D eigenvalue weighted by Crippen LogP contribution is -2.43. The molecule has 154 valence electrons. The summed E-state index contributed by atoms with van der Waals surface area (Å²) < 4.78 is 14.8. The lowest BCUT2D eigenvalue weighted by atomic mass is 10.0. The number of nitrogens with zero attached hydrogens (tertiary/aromatic N) is 4. The van der Waals surface area contributed by atoms with Crippen molar-refractivity contribution in [3.63, 3.8) is 0 Å². The van der Waals surface area contributed by atoms with E-state index < -0.39 is 11.7 Å². The first-order valence-corrected chi connectivity index (χ1v) is 9.92. The fraction of sp³-hybridized carbons (Fsp3) is 0.300. The van der Waals surface area contributed by atoms with E-state index in [2.05, 4.69) is 10.1 Å². The van der Waals surface area contributed by atoms with Gasteiger partial charge in [-0.1, -0.05) is 11.6 Å². The van der Waals surface area contributed by atoms with Gasteiger partial charge in [-0.25, -0.2) is 13.9 Å². The second kappa shape index (κ2) is 6.94. The SMILES string of the molecule is O=C([C@@H]1CC(=O)N(c2ccc(F)c(Cl)c2)C1)N1CCc2nc3cc[nH]n3c(=O)c2C1. The highest BCUT2D eigenvalue weighted by molar-refractivity contribution is 6.31. The Labute approximate surface area is 174 Å². The summed E-state index contributed by atoms with van der Waals surface area (Å²) in [5, 5.41) is 2.75. The summed E-state index contributed by atoms with van der Waals surface area (Å²) in [5.74, 6) is -1.50. The lowest BCUT2D eigenvalue weighted by Gasteiger charge is -2.29. The molecule has 5 rings (SSSR count). The van der Waals surface area contributed by atoms with Crippen LogP contribution in [0, 0.1) is 11.7 Å². The summed E-state index contributed by atoms with van der Waals surface area (Å²) >= 11 is 5.83. The Hall–Kier alpha value is -3.20. The summed E-state index contributed by atoms with van der Waals surface area (Å²) in [7, 11) is 0. The second-order valence-electron chi connectivity index (χ2n) is 7.51. The number of aromatic nitrogens is 3. The molecule has 1 aromatic carbocycles. The van der Waals surface area contributed by atoms with E-state index in [4.69, 9.17) is 11.6 Å². The predicted molar refractivity (Wildman–Crippen MR) is 107 cm³/mol. The Morgan fingerprint density at radius 3 is 2.90 bits per heavy atom. The molecule has 1 saturated heterocycles. The van der Waals surface area contributed by atoms with Crippen molar-refractivity contribution in [1.29, 1.82) is 0 Å². The summed E-state index contributed by atoms with van der Waals surface area (Å²) in [6, 6.07) is 5.77. The average Bonchev–Trinajstić information content (AvgIpc) is 3.36. The van der Waals surface area contributed by atoms with Gasteiger partial charge in [0.15, 0.2) is 5.65 Å². The van der Waals surface area contributed by atoms with Gasteiger partial charge < -0.3 is 9.80 Å². The number of aromatic amines is 1. The number of H-pyrrole nitrogens is 1. The highest BCUT2D eigenvalue weighted by atomic mass is 35.5. The first-order chi connectivity index (χ1) is 14.4. The van der Waals surface area contributed by atoms with Gasteiger partial charge in [-0.05, 0) is 18.2 Å². The predicted octanol–water partition coefficient (Wildman–Crippen LogP) is 1.75. The molecule has 0 radical (unpaired) electrons. The van der Waals surface area contributed by atoms with Gasteiger partial charge in [0.25, 0.3) is 5.56 Å². The van der Waals surface area contributed by atoms with E-state index in [9.17, 15) is 18.8 Å². The van der Waals surface area contributed by atoms with Gasteiger partial charge in [-0.2, -0.15) is 0 Å². The molecular formula is C20H17ClFN5O3. The fourth-order valence-corrected chi connectivity index (χ4v) is 4.31. The smallest absolute Gasteiger partial charge is 0.277 e. The molecule has 10 heteroatoms. The Morgan fingerprint density at radius 1 is 1.27 bits per heavy atom. The van der Waals surface area contributed by atoms with E-state index in [0.717, 1.165) is 0 Å². The molecular weight excluding hydrogens is 413 g/mol. The molecule has 2 aromatic heterocycles. The van der Waals surface area contributed by atoms with Crippen molar-refractivity contribution in [1.82, 2.24) is 19.5 Å². The first kappa shape index (κ1) is 18.8. The van der Waals surface area contributed by atoms with Crippen LogP contribution >= 0.6 is 11.6 Å². The molecule has 30 heavy (non-hydrogen) atoms. The molecule has 0 spiro atoms. The Morgan fingerprint density at radius 2 is 2.10 bits per heavy atom. The van der Waals surface area contributed by atoms with Crippen LogP contribution in [0.25, 0.3) is 5.65 Å². The zero-order chi connectivity index (χ0) is 21.0. The van der Waals surface area contributed by atoms with Crippen molar-refractivity contribution in [2.45, 2.75) is 19.4 Å². The van der Waals surface area contributed by atoms with Crippen molar-refractivity contribution in [3.05, 3.63) is 62.9 Å². The Kier molecular flexibility index (Phi) is 4.35. The van der Waals surface area contributed by atoms with Crippen molar-refractivity contribution >= 4 is 34.7 Å². The van der Waals surface area contributed by atoms with E-state index in [1.165, 1.54) is 27.6 Å². The molecule has 1 atom stereocenters. The third kappa shape index (κ3) is 2.97. The van der Waals surface area contributed by atoms with Crippen LogP contribution in [0.5, 0.6) is 0 Å². The van der Waals surface area contributed by atoms with Crippen LogP contribution in [0.4, 0.5) is 10.1 Å². The van der Waals surface area contributed by atoms with E-state index in [0.29, 0.717) is 35.6 Å². The molecule has 8 nitrogen and oxygen atoms in total. The minimum atomic E-state index is -0.567. The van der Waals surface area contributed by atoms with Crippen LogP contribution in [0.3, 0.4) is 0 Å². The number of carbonyl (C=O) groups excluding carboxylic acids is 2. The molecule has 2 amide bonds. The van der Waals surface area contributed by atoms with Crippen LogP contribution in [0.1, 0.15) is 17.7 Å². The average molecular weight is 430 g/mol. The van der Waals surface area contributed by atoms with Crippen LogP contribution in [0.15, 0.2) is 35.3 Å². The number of anilines is 1. The topological polar surface area (TPSA) is 90.8 Å². The van der Waals surface area contributed by atoms with Crippen molar-refractivity contribution < 1.29 is 14.0 Å². The molecule has 0 aliphatic carbocycles. The molecule has 0 saturated carbocycles. The van der Waals surface area contributed by atoms with Gasteiger partial charge >= 0.3 is 0 Å². The van der Waals surface area contributed by atoms with Crippen molar-refractivity contribution in [3.8, 4) is 0 Å². The molecule has 3 aromatic rings. The molecule has 0 unspecified atom stereocenters. The molecule has 1 fully saturated rings. The van der Waals surface area contributed by atoms with Crippen molar-refractivity contribution in [2.24, 2.45) is 5.92 Å². The van der Waals surface area contributed by atoms with Crippen LogP contribution < -0.4 is 10.5 Å². The summed E-state index contributed by atoms with van der Waals surface area (Å²) in [6.07, 6.45) is 2.18. The maximum atomic E-state index is 13.4. The minimum absolute atomic E-state index is 0.0596. The van der Waals surface area contributed by atoms with E-state index in [1.807, 2.05) is 0 Å². The number of carbonyl (C=O) groups is 2. The van der Waals surface area contributed by atoms with Crippen LogP contribution in [-0.4, -0.2) is 44.4 Å². The molecule has 0 bridgehead atoms. The molecule has 1 N–H and O–H groups in total. The van der Waals surface area contributed by atoms with E-state index in [-0.39, 0.29) is 41.9 Å². The standard InChI is InChI=1S/C20H17ClFN5O3/c21-14-8-12(1-2-15(14)22)26-9-11(7-18(26)28)19(29)25-6-4-16-13(10-25)20(30)27-17(24-16)3-5-23-27/h1-3,5,8,11,23H,4,6-7,9-10H2/t11-/m1/s1.